The van der Waals surface area contributed by atoms with Crippen LogP contribution in [0.3, 0.4) is 0 Å². The Labute approximate surface area is 175 Å². The first-order chi connectivity index (χ1) is 14.5. The lowest BCUT2D eigenvalue weighted by atomic mass is 9.96. The second-order valence-corrected chi connectivity index (χ2v) is 7.49. The Bertz CT molecular complexity index is 934. The third kappa shape index (κ3) is 4.87. The number of hydrogen-bond donors (Lipinski definition) is 3. The van der Waals surface area contributed by atoms with Gasteiger partial charge in [-0.3, -0.25) is 14.4 Å². The van der Waals surface area contributed by atoms with Gasteiger partial charge in [0.05, 0.1) is 6.07 Å². The fourth-order valence-corrected chi connectivity index (χ4v) is 3.82. The third-order valence-corrected chi connectivity index (χ3v) is 5.37. The standard InChI is InChI=1S/C22H25N5O3/c1-15(12-23)11-20(26-21(29)19-7-4-9-24-19)22(30)27-10-8-16(13-27)17-5-2-3-6-18(17)25-14-28/h2-7,9,14-16,20,24H,8,10-11,13H2,1H3,(H,25,28)(H,26,29). The first kappa shape index (κ1) is 21.1. The minimum atomic E-state index is -0.780. The first-order valence-electron chi connectivity index (χ1n) is 9.95. The highest BCUT2D eigenvalue weighted by Gasteiger charge is 2.34. The first-order valence-corrected chi connectivity index (χ1v) is 9.95. The van der Waals surface area contributed by atoms with Gasteiger partial charge in [-0.05, 0) is 43.5 Å². The van der Waals surface area contributed by atoms with E-state index in [1.807, 2.05) is 24.3 Å². The monoisotopic (exact) mass is 407 g/mol. The number of H-pyrrole nitrogens is 1. The van der Waals surface area contributed by atoms with Gasteiger partial charge in [0.1, 0.15) is 11.7 Å². The molecule has 8 nitrogen and oxygen atoms in total. The van der Waals surface area contributed by atoms with Gasteiger partial charge in [0.2, 0.25) is 12.3 Å². The maximum Gasteiger partial charge on any atom is 0.268 e. The summed E-state index contributed by atoms with van der Waals surface area (Å²) >= 11 is 0. The Morgan fingerprint density at radius 3 is 2.83 bits per heavy atom. The van der Waals surface area contributed by atoms with Crippen molar-refractivity contribution in [1.29, 1.82) is 5.26 Å². The van der Waals surface area contributed by atoms with E-state index in [2.05, 4.69) is 21.7 Å². The topological polar surface area (TPSA) is 118 Å². The molecule has 0 bridgehead atoms. The van der Waals surface area contributed by atoms with Gasteiger partial charge in [0, 0.05) is 36.8 Å². The van der Waals surface area contributed by atoms with Crippen molar-refractivity contribution in [1.82, 2.24) is 15.2 Å². The van der Waals surface area contributed by atoms with Crippen LogP contribution in [-0.2, 0) is 9.59 Å². The van der Waals surface area contributed by atoms with Crippen molar-refractivity contribution in [2.24, 2.45) is 5.92 Å². The highest BCUT2D eigenvalue weighted by atomic mass is 16.2. The predicted octanol–water partition coefficient (Wildman–Crippen LogP) is 2.25. The summed E-state index contributed by atoms with van der Waals surface area (Å²) in [5, 5.41) is 14.7. The molecule has 3 unspecified atom stereocenters. The molecule has 0 aliphatic carbocycles. The molecule has 1 aromatic carbocycles. The molecule has 3 atom stereocenters. The molecule has 156 valence electrons. The zero-order valence-corrected chi connectivity index (χ0v) is 16.8. The minimum absolute atomic E-state index is 0.0887. The van der Waals surface area contributed by atoms with Crippen molar-refractivity contribution in [2.75, 3.05) is 18.4 Å². The number of likely N-dealkylation sites (tertiary alicyclic amines) is 1. The second-order valence-electron chi connectivity index (χ2n) is 7.49. The summed E-state index contributed by atoms with van der Waals surface area (Å²) in [4.78, 5) is 41.1. The van der Waals surface area contributed by atoms with E-state index in [1.54, 1.807) is 30.2 Å². The summed E-state index contributed by atoms with van der Waals surface area (Å²) in [7, 11) is 0. The Kier molecular flexibility index (Phi) is 6.86. The molecule has 1 aliphatic heterocycles. The van der Waals surface area contributed by atoms with Gasteiger partial charge in [0.15, 0.2) is 0 Å². The molecule has 0 saturated carbocycles. The van der Waals surface area contributed by atoms with Crippen LogP contribution in [0, 0.1) is 17.2 Å². The lowest BCUT2D eigenvalue weighted by Crippen LogP contribution is -2.48. The van der Waals surface area contributed by atoms with Gasteiger partial charge in [0.25, 0.3) is 5.91 Å². The number of hydrogen-bond acceptors (Lipinski definition) is 4. The number of carbonyl (C=O) groups excluding carboxylic acids is 3. The van der Waals surface area contributed by atoms with Crippen molar-refractivity contribution in [3.8, 4) is 6.07 Å². The number of rotatable bonds is 8. The van der Waals surface area contributed by atoms with Crippen molar-refractivity contribution in [3.63, 3.8) is 0 Å². The number of anilines is 1. The molecule has 3 N–H and O–H groups in total. The number of nitrogens with zero attached hydrogens (tertiary/aromatic N) is 2. The van der Waals surface area contributed by atoms with Crippen LogP contribution in [0.25, 0.3) is 0 Å². The average molecular weight is 407 g/mol. The Morgan fingerprint density at radius 1 is 1.33 bits per heavy atom. The number of para-hydroxylation sites is 1. The summed E-state index contributed by atoms with van der Waals surface area (Å²) in [6.45, 7) is 2.77. The van der Waals surface area contributed by atoms with Crippen molar-refractivity contribution >= 4 is 23.9 Å². The number of benzene rings is 1. The van der Waals surface area contributed by atoms with Gasteiger partial charge >= 0.3 is 0 Å². The van der Waals surface area contributed by atoms with E-state index < -0.39 is 6.04 Å². The highest BCUT2D eigenvalue weighted by molar-refractivity contribution is 5.96. The number of aromatic nitrogens is 1. The fraction of sp³-hybridized carbons (Fsp3) is 0.364. The van der Waals surface area contributed by atoms with E-state index in [4.69, 9.17) is 0 Å². The highest BCUT2D eigenvalue weighted by Crippen LogP contribution is 2.32. The SMILES string of the molecule is CC(C#N)CC(NC(=O)c1ccc[nH]1)C(=O)N1CCC(c2ccccc2NC=O)C1. The molecule has 8 heteroatoms. The van der Waals surface area contributed by atoms with Crippen LogP contribution in [0.5, 0.6) is 0 Å². The molecule has 1 aliphatic rings. The zero-order chi connectivity index (χ0) is 21.5. The van der Waals surface area contributed by atoms with Crippen LogP contribution < -0.4 is 10.6 Å². The Hall–Kier alpha value is -3.60. The molecule has 2 heterocycles. The van der Waals surface area contributed by atoms with Crippen LogP contribution in [0.1, 0.15) is 41.7 Å². The maximum atomic E-state index is 13.2. The number of carbonyl (C=O) groups is 3. The van der Waals surface area contributed by atoms with E-state index in [9.17, 15) is 19.6 Å². The molecule has 3 amide bonds. The van der Waals surface area contributed by atoms with Crippen LogP contribution >= 0.6 is 0 Å². The van der Waals surface area contributed by atoms with Gasteiger partial charge in [-0.15, -0.1) is 0 Å². The van der Waals surface area contributed by atoms with Gasteiger partial charge < -0.3 is 20.5 Å². The third-order valence-electron chi connectivity index (χ3n) is 5.37. The van der Waals surface area contributed by atoms with Gasteiger partial charge in [-0.2, -0.15) is 5.26 Å². The Morgan fingerprint density at radius 2 is 2.13 bits per heavy atom. The maximum absolute atomic E-state index is 13.2. The van der Waals surface area contributed by atoms with E-state index in [-0.39, 0.29) is 30.1 Å². The lowest BCUT2D eigenvalue weighted by molar-refractivity contribution is -0.132. The molecule has 1 saturated heterocycles. The summed E-state index contributed by atoms with van der Waals surface area (Å²) in [5.41, 5.74) is 2.09. The van der Waals surface area contributed by atoms with Crippen molar-refractivity contribution < 1.29 is 14.4 Å². The Balaban J connectivity index is 1.72. The van der Waals surface area contributed by atoms with E-state index in [0.29, 0.717) is 25.2 Å². The van der Waals surface area contributed by atoms with Crippen molar-refractivity contribution in [2.45, 2.75) is 31.7 Å². The largest absolute Gasteiger partial charge is 0.357 e. The van der Waals surface area contributed by atoms with Gasteiger partial charge in [-0.25, -0.2) is 0 Å². The van der Waals surface area contributed by atoms with Crippen molar-refractivity contribution in [3.05, 3.63) is 53.9 Å². The molecule has 0 spiro atoms. The quantitative estimate of drug-likeness (QED) is 0.582. The normalized spacial score (nSPS) is 17.6. The average Bonchev–Trinajstić information content (AvgIpc) is 3.45. The molecule has 0 radical (unpaired) electrons. The molecule has 2 aromatic rings. The predicted molar refractivity (Wildman–Crippen MR) is 112 cm³/mol. The van der Waals surface area contributed by atoms with Crippen LogP contribution in [0.15, 0.2) is 42.6 Å². The smallest absolute Gasteiger partial charge is 0.268 e. The molecule has 30 heavy (non-hydrogen) atoms. The number of nitrogens with one attached hydrogen (secondary N) is 3. The van der Waals surface area contributed by atoms with Crippen LogP contribution in [-0.4, -0.2) is 47.2 Å². The summed E-state index contributed by atoms with van der Waals surface area (Å²) in [6, 6.07) is 12.2. The van der Waals surface area contributed by atoms with E-state index in [1.165, 1.54) is 0 Å². The summed E-state index contributed by atoms with van der Waals surface area (Å²) in [6.07, 6.45) is 3.28. The van der Waals surface area contributed by atoms with E-state index >= 15 is 0 Å². The van der Waals surface area contributed by atoms with Crippen LogP contribution in [0.4, 0.5) is 5.69 Å². The molecule has 3 rings (SSSR count). The minimum Gasteiger partial charge on any atom is -0.357 e. The number of aromatic amines is 1. The summed E-state index contributed by atoms with van der Waals surface area (Å²) in [5.74, 6) is -0.857. The zero-order valence-electron chi connectivity index (χ0n) is 16.8. The molecular weight excluding hydrogens is 382 g/mol. The van der Waals surface area contributed by atoms with E-state index in [0.717, 1.165) is 17.7 Å². The molecular formula is C22H25N5O3. The van der Waals surface area contributed by atoms with Gasteiger partial charge in [-0.1, -0.05) is 18.2 Å². The molecule has 1 aromatic heterocycles. The second kappa shape index (κ2) is 9.74. The fourth-order valence-electron chi connectivity index (χ4n) is 3.82. The van der Waals surface area contributed by atoms with Crippen LogP contribution in [0.2, 0.25) is 0 Å². The number of nitriles is 1. The molecule has 1 fully saturated rings. The summed E-state index contributed by atoms with van der Waals surface area (Å²) < 4.78 is 0. The lowest BCUT2D eigenvalue weighted by Gasteiger charge is -2.25. The number of amides is 3.